The lowest BCUT2D eigenvalue weighted by Crippen LogP contribution is -2.30. The second-order valence-electron chi connectivity index (χ2n) is 5.72. The molecule has 0 aromatic carbocycles. The fourth-order valence-corrected chi connectivity index (χ4v) is 3.13. The van der Waals surface area contributed by atoms with E-state index in [1.165, 1.54) is 0 Å². The number of amides is 1. The van der Waals surface area contributed by atoms with E-state index in [4.69, 9.17) is 0 Å². The quantitative estimate of drug-likeness (QED) is 0.783. The predicted molar refractivity (Wildman–Crippen MR) is 90.9 cm³/mol. The smallest absolute Gasteiger partial charge is 0.239 e. The summed E-state index contributed by atoms with van der Waals surface area (Å²) in [6, 6.07) is 8.09. The first kappa shape index (κ1) is 14.8. The molecule has 0 saturated carbocycles. The van der Waals surface area contributed by atoms with Crippen molar-refractivity contribution < 1.29 is 4.79 Å². The van der Waals surface area contributed by atoms with Crippen LogP contribution in [0.1, 0.15) is 13.8 Å². The van der Waals surface area contributed by atoms with E-state index in [0.717, 1.165) is 21.5 Å². The fraction of sp³-hybridized carbons (Fsp3) is 0.294. The summed E-state index contributed by atoms with van der Waals surface area (Å²) in [5.41, 5.74) is 1.96. The third kappa shape index (κ3) is 3.04. The van der Waals surface area contributed by atoms with E-state index in [0.29, 0.717) is 19.0 Å². The van der Waals surface area contributed by atoms with Gasteiger partial charge in [-0.1, -0.05) is 19.9 Å². The van der Waals surface area contributed by atoms with Gasteiger partial charge in [-0.25, -0.2) is 0 Å². The number of pyridine rings is 1. The van der Waals surface area contributed by atoms with Crippen molar-refractivity contribution in [1.29, 1.82) is 0 Å². The number of nitrogens with zero attached hydrogens (tertiary/aromatic N) is 2. The maximum absolute atomic E-state index is 12.1. The summed E-state index contributed by atoms with van der Waals surface area (Å²) in [6.07, 6.45) is 3.78. The molecule has 4 nitrogen and oxygen atoms in total. The zero-order valence-electron chi connectivity index (χ0n) is 12.7. The molecule has 114 valence electrons. The molecule has 0 fully saturated rings. The van der Waals surface area contributed by atoms with E-state index in [9.17, 15) is 4.79 Å². The van der Waals surface area contributed by atoms with Crippen LogP contribution < -0.4 is 5.32 Å². The van der Waals surface area contributed by atoms with E-state index in [1.807, 2.05) is 40.5 Å². The highest BCUT2D eigenvalue weighted by atomic mass is 32.1. The molecule has 0 aliphatic rings. The molecule has 1 N–H and O–H groups in total. The molecule has 3 rings (SSSR count). The molecule has 3 aromatic heterocycles. The van der Waals surface area contributed by atoms with Crippen LogP contribution in [-0.4, -0.2) is 22.0 Å². The van der Waals surface area contributed by atoms with Gasteiger partial charge >= 0.3 is 0 Å². The maximum Gasteiger partial charge on any atom is 0.239 e. The molecule has 22 heavy (non-hydrogen) atoms. The van der Waals surface area contributed by atoms with Crippen LogP contribution in [0.4, 0.5) is 0 Å². The summed E-state index contributed by atoms with van der Waals surface area (Å²) in [5.74, 6) is 0.487. The van der Waals surface area contributed by atoms with Crippen LogP contribution in [0.15, 0.2) is 42.0 Å². The summed E-state index contributed by atoms with van der Waals surface area (Å²) in [5, 5.41) is 6.11. The Bertz CT molecular complexity index is 774. The Morgan fingerprint density at radius 2 is 2.23 bits per heavy atom. The number of hydrogen-bond donors (Lipinski definition) is 1. The van der Waals surface area contributed by atoms with Crippen LogP contribution in [0.5, 0.6) is 0 Å². The van der Waals surface area contributed by atoms with Crippen LogP contribution in [0.25, 0.3) is 21.5 Å². The monoisotopic (exact) mass is 313 g/mol. The third-order valence-corrected chi connectivity index (χ3v) is 4.33. The molecule has 1 amide bonds. The average molecular weight is 313 g/mol. The van der Waals surface area contributed by atoms with E-state index >= 15 is 0 Å². The van der Waals surface area contributed by atoms with Crippen LogP contribution in [0.2, 0.25) is 0 Å². The molecular formula is C17H19N3OS. The van der Waals surface area contributed by atoms with E-state index in [-0.39, 0.29) is 5.91 Å². The topological polar surface area (TPSA) is 46.9 Å². The predicted octanol–water partition coefficient (Wildman–Crippen LogP) is 3.54. The maximum atomic E-state index is 12.1. The highest BCUT2D eigenvalue weighted by Gasteiger charge is 2.13. The van der Waals surface area contributed by atoms with Crippen molar-refractivity contribution in [3.63, 3.8) is 0 Å². The van der Waals surface area contributed by atoms with Gasteiger partial charge in [-0.2, -0.15) is 0 Å². The molecule has 0 aliphatic heterocycles. The number of aromatic nitrogens is 2. The molecule has 0 spiro atoms. The minimum absolute atomic E-state index is 0.0344. The van der Waals surface area contributed by atoms with Crippen molar-refractivity contribution in [2.45, 2.75) is 20.4 Å². The van der Waals surface area contributed by atoms with E-state index < -0.39 is 0 Å². The van der Waals surface area contributed by atoms with Crippen LogP contribution in [-0.2, 0) is 11.3 Å². The molecule has 0 saturated heterocycles. The number of carbonyl (C=O) groups is 1. The summed E-state index contributed by atoms with van der Waals surface area (Å²) in [6.45, 7) is 5.20. The van der Waals surface area contributed by atoms with E-state index in [1.54, 1.807) is 11.3 Å². The largest absolute Gasteiger partial charge is 0.354 e. The Morgan fingerprint density at radius 3 is 2.95 bits per heavy atom. The molecule has 3 heterocycles. The Morgan fingerprint density at radius 1 is 1.36 bits per heavy atom. The molecule has 0 atom stereocenters. The van der Waals surface area contributed by atoms with Crippen molar-refractivity contribution in [3.8, 4) is 10.6 Å². The summed E-state index contributed by atoms with van der Waals surface area (Å²) in [4.78, 5) is 17.7. The number of fused-ring (bicyclic) bond motifs is 1. The van der Waals surface area contributed by atoms with Crippen LogP contribution in [0, 0.1) is 5.92 Å². The van der Waals surface area contributed by atoms with Gasteiger partial charge in [0.15, 0.2) is 0 Å². The summed E-state index contributed by atoms with van der Waals surface area (Å²) in [7, 11) is 0. The summed E-state index contributed by atoms with van der Waals surface area (Å²) >= 11 is 1.66. The lowest BCUT2D eigenvalue weighted by molar-refractivity contribution is -0.121. The van der Waals surface area contributed by atoms with Crippen molar-refractivity contribution in [2.75, 3.05) is 6.54 Å². The van der Waals surface area contributed by atoms with Crippen molar-refractivity contribution in [2.24, 2.45) is 5.92 Å². The average Bonchev–Trinajstić information content (AvgIpc) is 3.15. The summed E-state index contributed by atoms with van der Waals surface area (Å²) < 4.78 is 1.98. The lowest BCUT2D eigenvalue weighted by atomic mass is 10.2. The highest BCUT2D eigenvalue weighted by molar-refractivity contribution is 7.13. The fourth-order valence-electron chi connectivity index (χ4n) is 2.40. The Labute approximate surface area is 133 Å². The second kappa shape index (κ2) is 6.32. The number of nitrogens with one attached hydrogen (secondary N) is 1. The van der Waals surface area contributed by atoms with Crippen LogP contribution in [0.3, 0.4) is 0 Å². The number of thiophene rings is 1. The number of rotatable bonds is 5. The number of hydrogen-bond acceptors (Lipinski definition) is 3. The minimum atomic E-state index is 0.0344. The Hall–Kier alpha value is -2.14. The van der Waals surface area contributed by atoms with Crippen LogP contribution >= 0.6 is 11.3 Å². The van der Waals surface area contributed by atoms with E-state index in [2.05, 4.69) is 30.2 Å². The van der Waals surface area contributed by atoms with Gasteiger partial charge < -0.3 is 9.88 Å². The van der Waals surface area contributed by atoms with Gasteiger partial charge in [0.25, 0.3) is 0 Å². The van der Waals surface area contributed by atoms with Gasteiger partial charge in [0, 0.05) is 24.3 Å². The highest BCUT2D eigenvalue weighted by Crippen LogP contribution is 2.30. The first-order valence-corrected chi connectivity index (χ1v) is 8.27. The van der Waals surface area contributed by atoms with Crippen molar-refractivity contribution in [1.82, 2.24) is 14.9 Å². The molecule has 5 heteroatoms. The normalized spacial score (nSPS) is 11.2. The van der Waals surface area contributed by atoms with Gasteiger partial charge in [0.2, 0.25) is 5.91 Å². The standard InChI is InChI=1S/C17H19N3OS/c1-12(2)10-19-15(21)11-20-8-6-13-5-7-18-16(17(13)20)14-4-3-9-22-14/h3-9,12H,10-11H2,1-2H3,(H,19,21). The molecular weight excluding hydrogens is 294 g/mol. The first-order valence-electron chi connectivity index (χ1n) is 7.39. The van der Waals surface area contributed by atoms with Gasteiger partial charge in [0.1, 0.15) is 12.2 Å². The molecule has 0 aliphatic carbocycles. The Balaban J connectivity index is 1.92. The third-order valence-electron chi connectivity index (χ3n) is 3.45. The minimum Gasteiger partial charge on any atom is -0.354 e. The Kier molecular flexibility index (Phi) is 4.24. The van der Waals surface area contributed by atoms with Gasteiger partial charge in [-0.15, -0.1) is 11.3 Å². The number of carbonyl (C=O) groups excluding carboxylic acids is 1. The van der Waals surface area contributed by atoms with Gasteiger partial charge in [-0.3, -0.25) is 9.78 Å². The first-order chi connectivity index (χ1) is 10.6. The van der Waals surface area contributed by atoms with Crippen molar-refractivity contribution in [3.05, 3.63) is 42.0 Å². The molecule has 0 radical (unpaired) electrons. The second-order valence-corrected chi connectivity index (χ2v) is 6.66. The zero-order valence-corrected chi connectivity index (χ0v) is 13.6. The zero-order chi connectivity index (χ0) is 15.5. The molecule has 0 unspecified atom stereocenters. The van der Waals surface area contributed by atoms with Gasteiger partial charge in [-0.05, 0) is 29.5 Å². The SMILES string of the molecule is CC(C)CNC(=O)Cn1ccc2ccnc(-c3cccs3)c21. The molecule has 0 bridgehead atoms. The van der Waals surface area contributed by atoms with Gasteiger partial charge in [0.05, 0.1) is 10.4 Å². The molecule has 3 aromatic rings. The van der Waals surface area contributed by atoms with Crippen molar-refractivity contribution >= 4 is 28.1 Å². The lowest BCUT2D eigenvalue weighted by Gasteiger charge is -2.10.